The van der Waals surface area contributed by atoms with Crippen molar-refractivity contribution in [1.29, 1.82) is 0 Å². The van der Waals surface area contributed by atoms with Crippen molar-refractivity contribution in [2.24, 2.45) is 0 Å². The van der Waals surface area contributed by atoms with Gasteiger partial charge in [-0.3, -0.25) is 0 Å². The van der Waals surface area contributed by atoms with Gasteiger partial charge in [-0.1, -0.05) is 84.9 Å². The van der Waals surface area contributed by atoms with Crippen LogP contribution in [0.1, 0.15) is 49.9 Å². The fourth-order valence-corrected chi connectivity index (χ4v) is 3.00. The van der Waals surface area contributed by atoms with Gasteiger partial charge in [0.1, 0.15) is 24.4 Å². The van der Waals surface area contributed by atoms with Crippen LogP contribution < -0.4 is 0 Å². The second-order valence-corrected chi connectivity index (χ2v) is 8.26. The molecular weight excluding hydrogens is 376 g/mol. The monoisotopic (exact) mass is 406 g/mol. The number of rotatable bonds is 10. The van der Waals surface area contributed by atoms with Gasteiger partial charge in [0.2, 0.25) is 0 Å². The van der Waals surface area contributed by atoms with Gasteiger partial charge in [0.15, 0.2) is 0 Å². The lowest BCUT2D eigenvalue weighted by Crippen LogP contribution is -2.21. The van der Waals surface area contributed by atoms with Gasteiger partial charge in [0, 0.05) is 0 Å². The average molecular weight is 407 g/mol. The second-order valence-electron chi connectivity index (χ2n) is 8.26. The molecule has 0 spiro atoms. The lowest BCUT2D eigenvalue weighted by molar-refractivity contribution is -0.366. The zero-order valence-electron chi connectivity index (χ0n) is 18.1. The predicted molar refractivity (Wildman–Crippen MR) is 117 cm³/mol. The lowest BCUT2D eigenvalue weighted by Gasteiger charge is -2.24. The highest BCUT2D eigenvalue weighted by molar-refractivity contribution is 5.23. The van der Waals surface area contributed by atoms with Crippen LogP contribution in [0.5, 0.6) is 0 Å². The van der Waals surface area contributed by atoms with Crippen LogP contribution in [-0.2, 0) is 44.0 Å². The van der Waals surface area contributed by atoms with Crippen molar-refractivity contribution in [3.05, 3.63) is 107 Å². The van der Waals surface area contributed by atoms with Crippen molar-refractivity contribution < 1.29 is 19.6 Å². The third-order valence-corrected chi connectivity index (χ3v) is 4.95. The fraction of sp³-hybridized carbons (Fsp3) is 0.308. The van der Waals surface area contributed by atoms with E-state index in [9.17, 15) is 0 Å². The first kappa shape index (κ1) is 22.2. The summed E-state index contributed by atoms with van der Waals surface area (Å²) >= 11 is 0. The normalized spacial score (nSPS) is 12.1. The van der Waals surface area contributed by atoms with Crippen LogP contribution in [0.2, 0.25) is 0 Å². The molecule has 30 heavy (non-hydrogen) atoms. The van der Waals surface area contributed by atoms with Gasteiger partial charge in [-0.15, -0.1) is 0 Å². The first-order valence-electron chi connectivity index (χ1n) is 10.2. The maximum Gasteiger partial charge on any atom is 0.123 e. The van der Waals surface area contributed by atoms with E-state index in [0.717, 1.165) is 22.3 Å². The Hall–Kier alpha value is -2.50. The van der Waals surface area contributed by atoms with Crippen molar-refractivity contribution in [2.75, 3.05) is 0 Å². The molecule has 0 aliphatic carbocycles. The van der Waals surface area contributed by atoms with E-state index in [0.29, 0.717) is 13.2 Å². The summed E-state index contributed by atoms with van der Waals surface area (Å²) in [7, 11) is 0. The molecule has 3 rings (SSSR count). The molecule has 0 aliphatic rings. The Bertz CT molecular complexity index is 811. The van der Waals surface area contributed by atoms with Gasteiger partial charge >= 0.3 is 0 Å². The molecule has 0 fully saturated rings. The van der Waals surface area contributed by atoms with Crippen LogP contribution in [0.15, 0.2) is 84.9 Å². The largest absolute Gasteiger partial charge is 0.231 e. The third-order valence-electron chi connectivity index (χ3n) is 4.95. The molecule has 0 aliphatic heterocycles. The molecule has 0 unspecified atom stereocenters. The van der Waals surface area contributed by atoms with Gasteiger partial charge in [-0.05, 0) is 49.9 Å². The Morgan fingerprint density at radius 3 is 1.17 bits per heavy atom. The van der Waals surface area contributed by atoms with Crippen LogP contribution in [0.25, 0.3) is 0 Å². The molecule has 3 aromatic carbocycles. The zero-order valence-corrected chi connectivity index (χ0v) is 18.1. The first-order valence-corrected chi connectivity index (χ1v) is 10.2. The van der Waals surface area contributed by atoms with Crippen LogP contribution in [-0.4, -0.2) is 0 Å². The highest BCUT2D eigenvalue weighted by atomic mass is 17.2. The Balaban J connectivity index is 1.44. The van der Waals surface area contributed by atoms with E-state index >= 15 is 0 Å². The molecule has 0 saturated heterocycles. The molecule has 0 saturated carbocycles. The summed E-state index contributed by atoms with van der Waals surface area (Å²) in [6.07, 6.45) is 0. The van der Waals surface area contributed by atoms with Crippen LogP contribution in [0.3, 0.4) is 0 Å². The fourth-order valence-electron chi connectivity index (χ4n) is 3.00. The van der Waals surface area contributed by atoms with E-state index in [2.05, 4.69) is 0 Å². The highest BCUT2D eigenvalue weighted by Crippen LogP contribution is 2.26. The van der Waals surface area contributed by atoms with E-state index in [-0.39, 0.29) is 0 Å². The first-order chi connectivity index (χ1) is 14.4. The van der Waals surface area contributed by atoms with Gasteiger partial charge < -0.3 is 0 Å². The van der Waals surface area contributed by atoms with E-state index in [1.165, 1.54) is 0 Å². The average Bonchev–Trinajstić information content (AvgIpc) is 2.76. The second kappa shape index (κ2) is 10.0. The molecule has 0 heterocycles. The quantitative estimate of drug-likeness (QED) is 0.286. The number of hydrogen-bond donors (Lipinski definition) is 0. The predicted octanol–water partition coefficient (Wildman–Crippen LogP) is 6.45. The summed E-state index contributed by atoms with van der Waals surface area (Å²) in [5.74, 6) is 0. The third kappa shape index (κ3) is 6.25. The minimum atomic E-state index is -0.516. The zero-order chi connectivity index (χ0) is 21.5. The summed E-state index contributed by atoms with van der Waals surface area (Å²) < 4.78 is 0. The Morgan fingerprint density at radius 2 is 0.833 bits per heavy atom. The van der Waals surface area contributed by atoms with E-state index < -0.39 is 11.2 Å². The Labute approximate surface area is 179 Å². The van der Waals surface area contributed by atoms with Crippen molar-refractivity contribution in [1.82, 2.24) is 0 Å². The molecule has 0 bridgehead atoms. The lowest BCUT2D eigenvalue weighted by atomic mass is 9.99. The minimum absolute atomic E-state index is 0.370. The maximum atomic E-state index is 5.65. The molecule has 0 atom stereocenters. The standard InChI is InChI=1S/C26H30O4/c1-25(2,23-11-7-5-8-12-23)29-27-19-21-15-17-22(18-16-21)20-28-30-26(3,4)24-13-9-6-10-14-24/h5-18H,19-20H2,1-4H3. The van der Waals surface area contributed by atoms with Gasteiger partial charge in [0.05, 0.1) is 0 Å². The number of benzene rings is 3. The summed E-state index contributed by atoms with van der Waals surface area (Å²) in [5.41, 5.74) is 3.14. The summed E-state index contributed by atoms with van der Waals surface area (Å²) in [6.45, 7) is 8.68. The topological polar surface area (TPSA) is 36.9 Å². The number of hydrogen-bond acceptors (Lipinski definition) is 4. The molecule has 4 heteroatoms. The molecule has 4 nitrogen and oxygen atoms in total. The van der Waals surface area contributed by atoms with Gasteiger partial charge in [-0.2, -0.15) is 0 Å². The summed E-state index contributed by atoms with van der Waals surface area (Å²) in [4.78, 5) is 22.3. The molecule has 3 aromatic rings. The van der Waals surface area contributed by atoms with Gasteiger partial charge in [0.25, 0.3) is 0 Å². The summed E-state index contributed by atoms with van der Waals surface area (Å²) in [5, 5.41) is 0. The molecule has 0 radical (unpaired) electrons. The minimum Gasteiger partial charge on any atom is -0.231 e. The van der Waals surface area contributed by atoms with Gasteiger partial charge in [-0.25, -0.2) is 19.6 Å². The van der Waals surface area contributed by atoms with Crippen LogP contribution >= 0.6 is 0 Å². The molecule has 0 N–H and O–H groups in total. The van der Waals surface area contributed by atoms with Crippen molar-refractivity contribution in [2.45, 2.75) is 52.1 Å². The molecular formula is C26H30O4. The SMILES string of the molecule is CC(C)(OOCc1ccc(COOC(C)(C)c2ccccc2)cc1)c1ccccc1. The van der Waals surface area contributed by atoms with Crippen molar-refractivity contribution in [3.8, 4) is 0 Å². The van der Waals surface area contributed by atoms with Crippen LogP contribution in [0, 0.1) is 0 Å². The van der Waals surface area contributed by atoms with Crippen LogP contribution in [0.4, 0.5) is 0 Å². The smallest absolute Gasteiger partial charge is 0.123 e. The van der Waals surface area contributed by atoms with Crippen molar-refractivity contribution in [3.63, 3.8) is 0 Å². The highest BCUT2D eigenvalue weighted by Gasteiger charge is 2.23. The molecule has 0 amide bonds. The maximum absolute atomic E-state index is 5.65. The van der Waals surface area contributed by atoms with E-state index in [1.54, 1.807) is 0 Å². The van der Waals surface area contributed by atoms with Crippen molar-refractivity contribution >= 4 is 0 Å². The Morgan fingerprint density at radius 1 is 0.500 bits per heavy atom. The molecule has 158 valence electrons. The molecule has 0 aromatic heterocycles. The summed E-state index contributed by atoms with van der Waals surface area (Å²) in [6, 6.07) is 28.0. The van der Waals surface area contributed by atoms with E-state index in [4.69, 9.17) is 19.6 Å². The van der Waals surface area contributed by atoms with E-state index in [1.807, 2.05) is 113 Å². The Kier molecular flexibility index (Phi) is 7.40.